The van der Waals surface area contributed by atoms with Crippen molar-refractivity contribution < 1.29 is 22.7 Å². The van der Waals surface area contributed by atoms with Gasteiger partial charge in [0.2, 0.25) is 5.91 Å². The smallest absolute Gasteiger partial charge is 0.308 e. The van der Waals surface area contributed by atoms with E-state index in [0.29, 0.717) is 50.4 Å². The molecule has 1 aromatic carbocycles. The molecule has 1 saturated heterocycles. The first-order valence-electron chi connectivity index (χ1n) is 9.63. The molecule has 158 valence electrons. The van der Waals surface area contributed by atoms with Crippen LogP contribution in [0.25, 0.3) is 0 Å². The number of amidine groups is 1. The van der Waals surface area contributed by atoms with Gasteiger partial charge in [-0.2, -0.15) is 0 Å². The number of likely N-dealkylation sites (tertiary alicyclic amines) is 1. The Kier molecular flexibility index (Phi) is 6.86. The molecule has 9 nitrogen and oxygen atoms in total. The maximum Gasteiger partial charge on any atom is 0.308 e. The number of hydrogen-bond acceptors (Lipinski definition) is 7. The highest BCUT2D eigenvalue weighted by molar-refractivity contribution is 7.90. The fourth-order valence-electron chi connectivity index (χ4n) is 3.47. The molecule has 2 heterocycles. The number of amides is 1. The van der Waals surface area contributed by atoms with Crippen LogP contribution in [-0.2, 0) is 24.3 Å². The van der Waals surface area contributed by atoms with Gasteiger partial charge in [-0.15, -0.1) is 0 Å². The molecular formula is C19H26N4O5S. The van der Waals surface area contributed by atoms with Crippen LogP contribution in [0.3, 0.4) is 0 Å². The minimum absolute atomic E-state index is 0.0730. The predicted octanol–water partition coefficient (Wildman–Crippen LogP) is 0.981. The van der Waals surface area contributed by atoms with E-state index in [-0.39, 0.29) is 29.2 Å². The summed E-state index contributed by atoms with van der Waals surface area (Å²) in [5, 5.41) is 2.75. The number of aliphatic imine (C=N–C) groups is 1. The van der Waals surface area contributed by atoms with Crippen molar-refractivity contribution in [3.05, 3.63) is 24.3 Å². The Morgan fingerprint density at radius 1 is 1.28 bits per heavy atom. The number of esters is 1. The molecule has 0 atom stereocenters. The van der Waals surface area contributed by atoms with E-state index in [2.05, 4.69) is 15.0 Å². The van der Waals surface area contributed by atoms with E-state index >= 15 is 0 Å². The van der Waals surface area contributed by atoms with Crippen molar-refractivity contribution in [2.24, 2.45) is 10.9 Å². The molecule has 0 radical (unpaired) electrons. The zero-order chi connectivity index (χ0) is 20.9. The standard InChI is InChI=1S/C19H26N4O5S/c1-28-19(25)14-7-10-23(11-8-14)13-18(24)21-15-4-2-5-16(12-15)29(26,27)22-17-6-3-9-20-17/h2,4-5,12,14H,3,6-11,13H2,1H3,(H,20,22)(H,21,24). The number of benzene rings is 1. The molecule has 1 aromatic rings. The number of sulfonamides is 1. The van der Waals surface area contributed by atoms with Gasteiger partial charge in [0.1, 0.15) is 5.84 Å². The van der Waals surface area contributed by atoms with Crippen molar-refractivity contribution in [2.45, 2.75) is 30.6 Å². The van der Waals surface area contributed by atoms with Crippen LogP contribution in [-0.4, -0.2) is 64.3 Å². The lowest BCUT2D eigenvalue weighted by molar-refractivity contribution is -0.147. The number of piperidine rings is 1. The van der Waals surface area contributed by atoms with E-state index in [0.717, 1.165) is 6.42 Å². The summed E-state index contributed by atoms with van der Waals surface area (Å²) >= 11 is 0. The molecule has 10 heteroatoms. The number of nitrogens with zero attached hydrogens (tertiary/aromatic N) is 2. The lowest BCUT2D eigenvalue weighted by Gasteiger charge is -2.29. The number of rotatable bonds is 6. The van der Waals surface area contributed by atoms with Crippen molar-refractivity contribution in [1.29, 1.82) is 0 Å². The molecule has 2 aliphatic heterocycles. The summed E-state index contributed by atoms with van der Waals surface area (Å²) < 4.78 is 32.3. The van der Waals surface area contributed by atoms with Gasteiger partial charge >= 0.3 is 5.97 Å². The van der Waals surface area contributed by atoms with Crippen LogP contribution in [0.1, 0.15) is 25.7 Å². The Labute approximate surface area is 170 Å². The summed E-state index contributed by atoms with van der Waals surface area (Å²) in [6.07, 6.45) is 2.76. The van der Waals surface area contributed by atoms with Crippen LogP contribution in [0.5, 0.6) is 0 Å². The molecule has 0 spiro atoms. The van der Waals surface area contributed by atoms with Crippen molar-refractivity contribution in [3.8, 4) is 0 Å². The van der Waals surface area contributed by atoms with E-state index in [1.165, 1.54) is 19.2 Å². The van der Waals surface area contributed by atoms with E-state index in [1.54, 1.807) is 12.1 Å². The second kappa shape index (κ2) is 9.36. The van der Waals surface area contributed by atoms with Crippen molar-refractivity contribution >= 4 is 33.4 Å². The monoisotopic (exact) mass is 422 g/mol. The third-order valence-corrected chi connectivity index (χ3v) is 6.42. The number of methoxy groups -OCH3 is 1. The highest BCUT2D eigenvalue weighted by Gasteiger charge is 2.26. The number of anilines is 1. The van der Waals surface area contributed by atoms with Crippen LogP contribution in [0, 0.1) is 5.92 Å². The van der Waals surface area contributed by atoms with Gasteiger partial charge in [-0.1, -0.05) is 6.07 Å². The van der Waals surface area contributed by atoms with Gasteiger partial charge in [0.05, 0.1) is 24.5 Å². The summed E-state index contributed by atoms with van der Waals surface area (Å²) in [4.78, 5) is 30.1. The van der Waals surface area contributed by atoms with Crippen molar-refractivity contribution in [1.82, 2.24) is 9.62 Å². The van der Waals surface area contributed by atoms with Gasteiger partial charge in [-0.05, 0) is 50.6 Å². The molecule has 0 saturated carbocycles. The fraction of sp³-hybridized carbons (Fsp3) is 0.526. The average molecular weight is 423 g/mol. The summed E-state index contributed by atoms with van der Waals surface area (Å²) in [5.74, 6) is -0.0820. The van der Waals surface area contributed by atoms with Gasteiger partial charge in [-0.3, -0.25) is 24.2 Å². The molecular weight excluding hydrogens is 396 g/mol. The first kappa shape index (κ1) is 21.3. The molecule has 0 unspecified atom stereocenters. The Bertz CT molecular complexity index is 892. The lowest BCUT2D eigenvalue weighted by Crippen LogP contribution is -2.41. The Morgan fingerprint density at radius 2 is 2.03 bits per heavy atom. The Morgan fingerprint density at radius 3 is 2.69 bits per heavy atom. The lowest BCUT2D eigenvalue weighted by atomic mass is 9.97. The minimum Gasteiger partial charge on any atom is -0.469 e. The van der Waals surface area contributed by atoms with E-state index < -0.39 is 10.0 Å². The fourth-order valence-corrected chi connectivity index (χ4v) is 4.61. The summed E-state index contributed by atoms with van der Waals surface area (Å²) in [6, 6.07) is 6.14. The Balaban J connectivity index is 1.55. The highest BCUT2D eigenvalue weighted by atomic mass is 32.2. The van der Waals surface area contributed by atoms with Crippen molar-refractivity contribution in [3.63, 3.8) is 0 Å². The zero-order valence-corrected chi connectivity index (χ0v) is 17.2. The van der Waals surface area contributed by atoms with Gasteiger partial charge in [-0.25, -0.2) is 8.42 Å². The first-order chi connectivity index (χ1) is 13.9. The van der Waals surface area contributed by atoms with Gasteiger partial charge < -0.3 is 10.1 Å². The van der Waals surface area contributed by atoms with Crippen LogP contribution in [0.15, 0.2) is 34.2 Å². The van der Waals surface area contributed by atoms with Crippen LogP contribution >= 0.6 is 0 Å². The quantitative estimate of drug-likeness (QED) is 0.660. The maximum absolute atomic E-state index is 12.5. The highest BCUT2D eigenvalue weighted by Crippen LogP contribution is 2.19. The van der Waals surface area contributed by atoms with Gasteiger partial charge in [0, 0.05) is 18.7 Å². The molecule has 2 aliphatic rings. The molecule has 0 aromatic heterocycles. The van der Waals surface area contributed by atoms with Gasteiger partial charge in [0.25, 0.3) is 10.0 Å². The largest absolute Gasteiger partial charge is 0.469 e. The number of nitrogens with one attached hydrogen (secondary N) is 2. The number of carbonyl (C=O) groups is 2. The third-order valence-electron chi connectivity index (χ3n) is 5.04. The van der Waals surface area contributed by atoms with Crippen LogP contribution < -0.4 is 10.0 Å². The number of ether oxygens (including phenoxy) is 1. The van der Waals surface area contributed by atoms with Crippen LogP contribution in [0.2, 0.25) is 0 Å². The summed E-state index contributed by atoms with van der Waals surface area (Å²) in [5.41, 5.74) is 0.413. The topological polar surface area (TPSA) is 117 Å². The second-order valence-electron chi connectivity index (χ2n) is 7.19. The average Bonchev–Trinajstić information content (AvgIpc) is 3.20. The van der Waals surface area contributed by atoms with E-state index in [9.17, 15) is 18.0 Å². The van der Waals surface area contributed by atoms with Crippen LogP contribution in [0.4, 0.5) is 5.69 Å². The van der Waals surface area contributed by atoms with Gasteiger partial charge in [0.15, 0.2) is 0 Å². The molecule has 1 amide bonds. The third kappa shape index (κ3) is 5.77. The van der Waals surface area contributed by atoms with E-state index in [1.807, 2.05) is 4.90 Å². The molecule has 0 aliphatic carbocycles. The summed E-state index contributed by atoms with van der Waals surface area (Å²) in [7, 11) is -2.35. The predicted molar refractivity (Wildman–Crippen MR) is 108 cm³/mol. The molecule has 2 N–H and O–H groups in total. The molecule has 1 fully saturated rings. The molecule has 0 bridgehead atoms. The van der Waals surface area contributed by atoms with Crippen molar-refractivity contribution in [2.75, 3.05) is 38.6 Å². The second-order valence-corrected chi connectivity index (χ2v) is 8.87. The minimum atomic E-state index is -3.73. The first-order valence-corrected chi connectivity index (χ1v) is 11.1. The zero-order valence-electron chi connectivity index (χ0n) is 16.4. The molecule has 3 rings (SSSR count). The number of carbonyl (C=O) groups excluding carboxylic acids is 2. The number of hydrogen-bond donors (Lipinski definition) is 2. The normalized spacial score (nSPS) is 18.2. The Hall–Kier alpha value is -2.46. The maximum atomic E-state index is 12.5. The van der Waals surface area contributed by atoms with E-state index in [4.69, 9.17) is 4.74 Å². The molecule has 29 heavy (non-hydrogen) atoms. The summed E-state index contributed by atoms with van der Waals surface area (Å²) in [6.45, 7) is 2.08. The SMILES string of the molecule is COC(=O)C1CCN(CC(=O)Nc2cccc(S(=O)(=O)NC3=NCCC3)c2)CC1.